The number of aryl methyl sites for hydroxylation is 1. The molecule has 1 aromatic heterocycles. The van der Waals surface area contributed by atoms with E-state index in [4.69, 9.17) is 9.47 Å². The van der Waals surface area contributed by atoms with Crippen LogP contribution < -0.4 is 5.32 Å². The van der Waals surface area contributed by atoms with Crippen LogP contribution in [0.3, 0.4) is 0 Å². The number of hydrogen-bond donors (Lipinski definition) is 2. The lowest BCUT2D eigenvalue weighted by Crippen LogP contribution is -2.58. The zero-order chi connectivity index (χ0) is 15.1. The normalized spacial score (nSPS) is 38.7. The number of aromatic nitrogens is 2. The molecule has 5 atom stereocenters. The number of imidazole rings is 1. The van der Waals surface area contributed by atoms with E-state index in [1.54, 1.807) is 6.20 Å². The summed E-state index contributed by atoms with van der Waals surface area (Å²) in [4.78, 5) is 4.26. The van der Waals surface area contributed by atoms with Crippen molar-refractivity contribution in [2.75, 3.05) is 13.2 Å². The fourth-order valence-electron chi connectivity index (χ4n) is 4.17. The number of aliphatic hydroxyl groups is 1. The van der Waals surface area contributed by atoms with Crippen LogP contribution in [0, 0.1) is 12.8 Å². The van der Waals surface area contributed by atoms with Crippen LogP contribution in [-0.4, -0.2) is 52.3 Å². The molecule has 6 heteroatoms. The average Bonchev–Trinajstić information content (AvgIpc) is 3.22. The second-order valence-corrected chi connectivity index (χ2v) is 6.82. The highest BCUT2D eigenvalue weighted by Crippen LogP contribution is 2.36. The summed E-state index contributed by atoms with van der Waals surface area (Å²) >= 11 is 0. The molecule has 2 saturated heterocycles. The highest BCUT2D eigenvalue weighted by molar-refractivity contribution is 5.04. The highest BCUT2D eigenvalue weighted by atomic mass is 16.7. The van der Waals surface area contributed by atoms with Gasteiger partial charge in [0.25, 0.3) is 0 Å². The first kappa shape index (κ1) is 14.6. The molecule has 2 aliphatic heterocycles. The first-order valence-electron chi connectivity index (χ1n) is 8.42. The van der Waals surface area contributed by atoms with Crippen LogP contribution in [0.1, 0.15) is 37.5 Å². The van der Waals surface area contributed by atoms with Crippen LogP contribution in [0.2, 0.25) is 0 Å². The standard InChI is InChI=1S/C16H25N3O3/c1-10-17-6-7-19(10)14-15(20)13(12-9-21-16(14)22-12)18-8-11-4-2-3-5-11/h6-7,11-16,18,20H,2-5,8-9H2,1H3. The van der Waals surface area contributed by atoms with Crippen molar-refractivity contribution in [3.05, 3.63) is 18.2 Å². The minimum absolute atomic E-state index is 0.0542. The third-order valence-corrected chi connectivity index (χ3v) is 5.43. The predicted octanol–water partition coefficient (Wildman–Crippen LogP) is 0.997. The molecule has 2 bridgehead atoms. The van der Waals surface area contributed by atoms with Crippen molar-refractivity contribution >= 4 is 0 Å². The van der Waals surface area contributed by atoms with Gasteiger partial charge in [0.15, 0.2) is 6.29 Å². The zero-order valence-electron chi connectivity index (χ0n) is 13.0. The van der Waals surface area contributed by atoms with Gasteiger partial charge in [-0.25, -0.2) is 4.98 Å². The average molecular weight is 307 g/mol. The van der Waals surface area contributed by atoms with Crippen LogP contribution in [0.4, 0.5) is 0 Å². The van der Waals surface area contributed by atoms with Gasteiger partial charge in [-0.15, -0.1) is 0 Å². The maximum Gasteiger partial charge on any atom is 0.181 e. The number of ether oxygens (including phenoxy) is 2. The Balaban J connectivity index is 1.50. The third kappa shape index (κ3) is 2.48. The van der Waals surface area contributed by atoms with E-state index in [9.17, 15) is 5.11 Å². The van der Waals surface area contributed by atoms with Crippen molar-refractivity contribution in [1.82, 2.24) is 14.9 Å². The molecule has 0 aromatic carbocycles. The SMILES string of the molecule is Cc1nccn1C1C2OCC(O2)C(NCC2CCCC2)C1O. The molecule has 0 amide bonds. The van der Waals surface area contributed by atoms with E-state index in [2.05, 4.69) is 10.3 Å². The van der Waals surface area contributed by atoms with Crippen LogP contribution in [0.15, 0.2) is 12.4 Å². The molecule has 122 valence electrons. The van der Waals surface area contributed by atoms with Gasteiger partial charge in [0.1, 0.15) is 18.0 Å². The summed E-state index contributed by atoms with van der Waals surface area (Å²) in [6.07, 6.45) is 7.95. The third-order valence-electron chi connectivity index (χ3n) is 5.43. The Kier molecular flexibility index (Phi) is 3.94. The topological polar surface area (TPSA) is 68.5 Å². The van der Waals surface area contributed by atoms with Gasteiger partial charge in [0, 0.05) is 12.4 Å². The van der Waals surface area contributed by atoms with Gasteiger partial charge in [-0.1, -0.05) is 12.8 Å². The second-order valence-electron chi connectivity index (χ2n) is 6.82. The van der Waals surface area contributed by atoms with E-state index in [0.717, 1.165) is 18.3 Å². The fraction of sp³-hybridized carbons (Fsp3) is 0.812. The summed E-state index contributed by atoms with van der Waals surface area (Å²) in [6, 6.07) is -0.312. The van der Waals surface area contributed by atoms with E-state index in [1.165, 1.54) is 25.7 Å². The Morgan fingerprint density at radius 3 is 2.95 bits per heavy atom. The van der Waals surface area contributed by atoms with Crippen molar-refractivity contribution in [3.8, 4) is 0 Å². The van der Waals surface area contributed by atoms with Crippen molar-refractivity contribution in [2.45, 2.75) is 63.2 Å². The van der Waals surface area contributed by atoms with E-state index < -0.39 is 6.10 Å². The van der Waals surface area contributed by atoms with E-state index in [0.29, 0.717) is 6.61 Å². The molecular weight excluding hydrogens is 282 g/mol. The Labute approximate surface area is 130 Å². The summed E-state index contributed by atoms with van der Waals surface area (Å²) in [5.74, 6) is 1.61. The molecular formula is C16H25N3O3. The molecule has 5 unspecified atom stereocenters. The fourth-order valence-corrected chi connectivity index (χ4v) is 4.17. The van der Waals surface area contributed by atoms with Crippen LogP contribution in [-0.2, 0) is 9.47 Å². The summed E-state index contributed by atoms with van der Waals surface area (Å²) in [5.41, 5.74) is 0. The summed E-state index contributed by atoms with van der Waals surface area (Å²) in [7, 11) is 0. The molecule has 3 aliphatic rings. The van der Waals surface area contributed by atoms with Gasteiger partial charge < -0.3 is 24.5 Å². The lowest BCUT2D eigenvalue weighted by molar-refractivity contribution is -0.165. The minimum Gasteiger partial charge on any atom is -0.389 e. The van der Waals surface area contributed by atoms with Gasteiger partial charge in [-0.2, -0.15) is 0 Å². The Morgan fingerprint density at radius 1 is 1.41 bits per heavy atom. The van der Waals surface area contributed by atoms with E-state index in [-0.39, 0.29) is 24.5 Å². The molecule has 1 aromatic rings. The molecule has 2 N–H and O–H groups in total. The summed E-state index contributed by atoms with van der Waals surface area (Å²) in [6.45, 7) is 3.45. The molecule has 22 heavy (non-hydrogen) atoms. The lowest BCUT2D eigenvalue weighted by atomic mass is 9.95. The molecule has 1 aliphatic carbocycles. The van der Waals surface area contributed by atoms with Gasteiger partial charge in [0.05, 0.1) is 18.8 Å². The first-order chi connectivity index (χ1) is 10.7. The maximum atomic E-state index is 10.9. The van der Waals surface area contributed by atoms with Gasteiger partial charge in [-0.05, 0) is 32.2 Å². The number of rotatable bonds is 4. The highest BCUT2D eigenvalue weighted by Gasteiger charge is 2.51. The molecule has 6 nitrogen and oxygen atoms in total. The van der Waals surface area contributed by atoms with Gasteiger partial charge in [-0.3, -0.25) is 0 Å². The zero-order valence-corrected chi connectivity index (χ0v) is 13.0. The Bertz CT molecular complexity index is 514. The van der Waals surface area contributed by atoms with Crippen LogP contribution in [0.25, 0.3) is 0 Å². The first-order valence-corrected chi connectivity index (χ1v) is 8.42. The van der Waals surface area contributed by atoms with Crippen molar-refractivity contribution in [1.29, 1.82) is 0 Å². The minimum atomic E-state index is -0.527. The second kappa shape index (κ2) is 5.92. The number of nitrogens with one attached hydrogen (secondary N) is 1. The summed E-state index contributed by atoms with van der Waals surface area (Å²) < 4.78 is 13.7. The number of nitrogens with zero attached hydrogens (tertiary/aromatic N) is 2. The summed E-state index contributed by atoms with van der Waals surface area (Å²) in [5, 5.41) is 14.5. The maximum absolute atomic E-state index is 10.9. The van der Waals surface area contributed by atoms with E-state index >= 15 is 0 Å². The molecule has 0 radical (unpaired) electrons. The Morgan fingerprint density at radius 2 is 2.23 bits per heavy atom. The quantitative estimate of drug-likeness (QED) is 0.868. The van der Waals surface area contributed by atoms with Crippen molar-refractivity contribution in [2.24, 2.45) is 5.92 Å². The van der Waals surface area contributed by atoms with Gasteiger partial charge >= 0.3 is 0 Å². The monoisotopic (exact) mass is 307 g/mol. The predicted molar refractivity (Wildman–Crippen MR) is 80.4 cm³/mol. The Hall–Kier alpha value is -0.950. The smallest absolute Gasteiger partial charge is 0.181 e. The molecule has 4 rings (SSSR count). The van der Waals surface area contributed by atoms with Crippen LogP contribution >= 0.6 is 0 Å². The number of hydrogen-bond acceptors (Lipinski definition) is 5. The van der Waals surface area contributed by atoms with Crippen molar-refractivity contribution < 1.29 is 14.6 Å². The molecule has 1 saturated carbocycles. The van der Waals surface area contributed by atoms with Gasteiger partial charge in [0.2, 0.25) is 0 Å². The molecule has 3 fully saturated rings. The largest absolute Gasteiger partial charge is 0.389 e. The molecule has 3 heterocycles. The van der Waals surface area contributed by atoms with Crippen LogP contribution in [0.5, 0.6) is 0 Å². The van der Waals surface area contributed by atoms with Crippen molar-refractivity contribution in [3.63, 3.8) is 0 Å². The number of aliphatic hydroxyl groups excluding tert-OH is 1. The number of fused-ring (bicyclic) bond motifs is 2. The lowest BCUT2D eigenvalue weighted by Gasteiger charge is -2.40. The molecule has 0 spiro atoms. The van der Waals surface area contributed by atoms with E-state index in [1.807, 2.05) is 17.7 Å².